The highest BCUT2D eigenvalue weighted by Gasteiger charge is 2.08. The van der Waals surface area contributed by atoms with Crippen LogP contribution in [-0.4, -0.2) is 23.1 Å². The number of anilines is 1. The molecule has 0 fully saturated rings. The van der Waals surface area contributed by atoms with Crippen LogP contribution in [0, 0.1) is 29.6 Å². The van der Waals surface area contributed by atoms with Crippen molar-refractivity contribution in [2.24, 2.45) is 0 Å². The van der Waals surface area contributed by atoms with E-state index in [1.54, 1.807) is 13.0 Å². The zero-order valence-electron chi connectivity index (χ0n) is 8.11. The minimum absolute atomic E-state index is 0.0976. The summed E-state index contributed by atoms with van der Waals surface area (Å²) in [5, 5.41) is 17.3. The predicted octanol–water partition coefficient (Wildman–Crippen LogP) is 1.29. The lowest BCUT2D eigenvalue weighted by atomic mass is 10.4. The molecule has 0 saturated heterocycles. The van der Waals surface area contributed by atoms with E-state index in [9.17, 15) is 0 Å². The third-order valence-corrected chi connectivity index (χ3v) is 1.83. The van der Waals surface area contributed by atoms with Crippen LogP contribution in [0.4, 0.5) is 5.82 Å². The number of hydrogen-bond donors (Lipinski definition) is 0. The van der Waals surface area contributed by atoms with Gasteiger partial charge >= 0.3 is 0 Å². The van der Waals surface area contributed by atoms with E-state index in [1.807, 2.05) is 12.1 Å². The van der Waals surface area contributed by atoms with Crippen molar-refractivity contribution in [1.29, 1.82) is 10.5 Å². The average molecular weight is 222 g/mol. The van der Waals surface area contributed by atoms with Crippen molar-refractivity contribution in [3.05, 3.63) is 17.0 Å². The number of aryl methyl sites for hydroxylation is 1. The van der Waals surface area contributed by atoms with Gasteiger partial charge in [0.2, 0.25) is 5.28 Å². The maximum Gasteiger partial charge on any atom is 0.224 e. The summed E-state index contributed by atoms with van der Waals surface area (Å²) < 4.78 is 0. The first-order valence-corrected chi connectivity index (χ1v) is 4.55. The smallest absolute Gasteiger partial charge is 0.224 e. The van der Waals surface area contributed by atoms with E-state index in [-0.39, 0.29) is 18.4 Å². The molecule has 1 aromatic heterocycles. The molecule has 15 heavy (non-hydrogen) atoms. The Bertz CT molecular complexity index is 395. The van der Waals surface area contributed by atoms with Crippen molar-refractivity contribution in [2.75, 3.05) is 18.0 Å². The van der Waals surface area contributed by atoms with Gasteiger partial charge < -0.3 is 4.90 Å². The summed E-state index contributed by atoms with van der Waals surface area (Å²) in [4.78, 5) is 9.38. The molecule has 0 atom stereocenters. The van der Waals surface area contributed by atoms with Crippen molar-refractivity contribution in [2.45, 2.75) is 6.92 Å². The van der Waals surface area contributed by atoms with Gasteiger partial charge in [0.05, 0.1) is 12.1 Å². The summed E-state index contributed by atoms with van der Waals surface area (Å²) in [6.07, 6.45) is 0. The first-order chi connectivity index (χ1) is 7.17. The Kier molecular flexibility index (Phi) is 3.84. The van der Waals surface area contributed by atoms with Crippen LogP contribution in [0.15, 0.2) is 6.07 Å². The van der Waals surface area contributed by atoms with E-state index in [0.29, 0.717) is 11.5 Å². The molecule has 0 spiro atoms. The van der Waals surface area contributed by atoms with Crippen LogP contribution < -0.4 is 4.90 Å². The zero-order chi connectivity index (χ0) is 11.3. The molecule has 0 bridgehead atoms. The van der Waals surface area contributed by atoms with Gasteiger partial charge in [0.1, 0.15) is 18.9 Å². The molecule has 1 heterocycles. The number of nitrogens with zero attached hydrogens (tertiary/aromatic N) is 5. The van der Waals surface area contributed by atoms with Gasteiger partial charge in [-0.05, 0) is 18.5 Å². The molecule has 5 nitrogen and oxygen atoms in total. The van der Waals surface area contributed by atoms with E-state index in [1.165, 1.54) is 4.90 Å². The van der Waals surface area contributed by atoms with Gasteiger partial charge in [-0.15, -0.1) is 0 Å². The number of rotatable bonds is 3. The van der Waals surface area contributed by atoms with Crippen LogP contribution >= 0.6 is 11.6 Å². The zero-order valence-corrected chi connectivity index (χ0v) is 8.86. The Hall–Kier alpha value is -1.85. The summed E-state index contributed by atoms with van der Waals surface area (Å²) in [6, 6.07) is 5.60. The average Bonchev–Trinajstić information content (AvgIpc) is 2.16. The minimum atomic E-state index is 0.0976. The maximum absolute atomic E-state index is 8.59. The predicted molar refractivity (Wildman–Crippen MR) is 55.2 cm³/mol. The van der Waals surface area contributed by atoms with E-state index < -0.39 is 0 Å². The number of nitriles is 2. The van der Waals surface area contributed by atoms with E-state index in [0.717, 1.165) is 0 Å². The highest BCUT2D eigenvalue weighted by atomic mass is 35.5. The molecular weight excluding hydrogens is 214 g/mol. The van der Waals surface area contributed by atoms with E-state index in [2.05, 4.69) is 9.97 Å². The van der Waals surface area contributed by atoms with Crippen molar-refractivity contribution in [3.8, 4) is 12.1 Å². The molecule has 0 amide bonds. The first kappa shape index (κ1) is 11.2. The molecule has 0 N–H and O–H groups in total. The highest BCUT2D eigenvalue weighted by molar-refractivity contribution is 6.28. The molecule has 0 aliphatic rings. The topological polar surface area (TPSA) is 76.6 Å². The Labute approximate surface area is 92.5 Å². The molecule has 0 aromatic carbocycles. The van der Waals surface area contributed by atoms with Crippen LogP contribution in [0.1, 0.15) is 5.69 Å². The number of aromatic nitrogens is 2. The van der Waals surface area contributed by atoms with Gasteiger partial charge in [0, 0.05) is 11.8 Å². The molecular formula is C9H8ClN5. The lowest BCUT2D eigenvalue weighted by Crippen LogP contribution is -2.25. The van der Waals surface area contributed by atoms with Crippen LogP contribution in [0.3, 0.4) is 0 Å². The molecule has 0 saturated carbocycles. The minimum Gasteiger partial charge on any atom is -0.330 e. The van der Waals surface area contributed by atoms with Gasteiger partial charge in [-0.25, -0.2) is 9.97 Å². The molecule has 0 aliphatic carbocycles. The van der Waals surface area contributed by atoms with Gasteiger partial charge in [-0.2, -0.15) is 10.5 Å². The quantitative estimate of drug-likeness (QED) is 0.568. The Morgan fingerprint density at radius 1 is 1.33 bits per heavy atom. The standard InChI is InChI=1S/C9H8ClN5/c1-7-6-8(14-9(10)13-7)15(4-2-11)5-3-12/h6H,4-5H2,1H3. The summed E-state index contributed by atoms with van der Waals surface area (Å²) >= 11 is 5.68. The largest absolute Gasteiger partial charge is 0.330 e. The second-order valence-corrected chi connectivity index (χ2v) is 3.15. The molecule has 0 aliphatic heterocycles. The Morgan fingerprint density at radius 2 is 1.93 bits per heavy atom. The SMILES string of the molecule is Cc1cc(N(CC#N)CC#N)nc(Cl)n1. The summed E-state index contributed by atoms with van der Waals surface area (Å²) in [5.41, 5.74) is 0.700. The van der Waals surface area contributed by atoms with Crippen molar-refractivity contribution >= 4 is 17.4 Å². The fraction of sp³-hybridized carbons (Fsp3) is 0.333. The lowest BCUT2D eigenvalue weighted by molar-refractivity contribution is 0.919. The molecule has 0 radical (unpaired) electrons. The molecule has 6 heteroatoms. The summed E-state index contributed by atoms with van der Waals surface area (Å²) in [7, 11) is 0. The normalized spacial score (nSPS) is 9.07. The Morgan fingerprint density at radius 3 is 2.40 bits per heavy atom. The van der Waals surface area contributed by atoms with Crippen LogP contribution in [0.25, 0.3) is 0 Å². The van der Waals surface area contributed by atoms with Crippen LogP contribution in [0.5, 0.6) is 0 Å². The van der Waals surface area contributed by atoms with Crippen LogP contribution in [0.2, 0.25) is 5.28 Å². The van der Waals surface area contributed by atoms with Gasteiger partial charge in [-0.3, -0.25) is 0 Å². The maximum atomic E-state index is 8.59. The monoisotopic (exact) mass is 221 g/mol. The lowest BCUT2D eigenvalue weighted by Gasteiger charge is -2.16. The summed E-state index contributed by atoms with van der Waals surface area (Å²) in [5.74, 6) is 0.496. The Balaban J connectivity index is 3.01. The highest BCUT2D eigenvalue weighted by Crippen LogP contribution is 2.14. The third kappa shape index (κ3) is 3.08. The van der Waals surface area contributed by atoms with Crippen LogP contribution in [-0.2, 0) is 0 Å². The fourth-order valence-corrected chi connectivity index (χ4v) is 1.29. The number of halogens is 1. The van der Waals surface area contributed by atoms with Crippen molar-refractivity contribution in [3.63, 3.8) is 0 Å². The molecule has 1 aromatic rings. The third-order valence-electron chi connectivity index (χ3n) is 1.66. The van der Waals surface area contributed by atoms with Crippen molar-refractivity contribution < 1.29 is 0 Å². The second-order valence-electron chi connectivity index (χ2n) is 2.81. The van der Waals surface area contributed by atoms with Gasteiger partial charge in [-0.1, -0.05) is 0 Å². The summed E-state index contributed by atoms with van der Waals surface area (Å²) in [6.45, 7) is 1.97. The number of hydrogen-bond acceptors (Lipinski definition) is 5. The fourth-order valence-electron chi connectivity index (χ4n) is 1.07. The van der Waals surface area contributed by atoms with Crippen molar-refractivity contribution in [1.82, 2.24) is 9.97 Å². The molecule has 76 valence electrons. The molecule has 0 unspecified atom stereocenters. The first-order valence-electron chi connectivity index (χ1n) is 4.17. The molecule has 1 rings (SSSR count). The van der Waals surface area contributed by atoms with E-state index in [4.69, 9.17) is 22.1 Å². The second kappa shape index (κ2) is 5.14. The van der Waals surface area contributed by atoms with Gasteiger partial charge in [0.25, 0.3) is 0 Å². The van der Waals surface area contributed by atoms with E-state index >= 15 is 0 Å². The van der Waals surface area contributed by atoms with Gasteiger partial charge in [0.15, 0.2) is 0 Å².